The SMILES string of the molecule is CC(C)/C=C/SSCCCCCCNC(=O)C1CCN(S(=O)(=O)C(C)I)CC1. The Morgan fingerprint density at radius 2 is 1.82 bits per heavy atom. The first-order chi connectivity index (χ1) is 13.2. The smallest absolute Gasteiger partial charge is 0.225 e. The molecular weight excluding hydrogens is 527 g/mol. The van der Waals surface area contributed by atoms with E-state index in [4.69, 9.17) is 0 Å². The van der Waals surface area contributed by atoms with Crippen molar-refractivity contribution in [3.8, 4) is 0 Å². The zero-order chi connectivity index (χ0) is 21.0. The molecule has 1 heterocycles. The van der Waals surface area contributed by atoms with Crippen molar-refractivity contribution in [2.24, 2.45) is 11.8 Å². The van der Waals surface area contributed by atoms with Crippen LogP contribution in [-0.2, 0) is 14.8 Å². The number of amides is 1. The number of rotatable bonds is 13. The van der Waals surface area contributed by atoms with E-state index in [0.717, 1.165) is 25.1 Å². The number of carbonyl (C=O) groups excluding carboxylic acids is 1. The summed E-state index contributed by atoms with van der Waals surface area (Å²) in [6.07, 6.45) is 8.01. The quantitative estimate of drug-likeness (QED) is 0.148. The molecule has 1 amide bonds. The van der Waals surface area contributed by atoms with Crippen LogP contribution in [0.1, 0.15) is 59.3 Å². The van der Waals surface area contributed by atoms with Crippen LogP contribution in [0.2, 0.25) is 0 Å². The normalized spacial score (nSPS) is 18.0. The van der Waals surface area contributed by atoms with E-state index < -0.39 is 13.3 Å². The molecule has 28 heavy (non-hydrogen) atoms. The molecule has 1 unspecified atom stereocenters. The molecule has 0 aliphatic carbocycles. The monoisotopic (exact) mass is 562 g/mol. The van der Waals surface area contributed by atoms with Gasteiger partial charge in [-0.3, -0.25) is 4.79 Å². The third-order valence-corrected chi connectivity index (χ3v) is 10.6. The Morgan fingerprint density at radius 1 is 1.18 bits per heavy atom. The highest BCUT2D eigenvalue weighted by atomic mass is 127. The van der Waals surface area contributed by atoms with Gasteiger partial charge in [0.25, 0.3) is 0 Å². The van der Waals surface area contributed by atoms with Gasteiger partial charge in [0, 0.05) is 31.3 Å². The number of nitrogens with one attached hydrogen (secondary N) is 1. The van der Waals surface area contributed by atoms with Crippen molar-refractivity contribution in [3.63, 3.8) is 0 Å². The first-order valence-electron chi connectivity index (χ1n) is 10.1. The molecule has 0 aromatic carbocycles. The molecule has 0 bridgehead atoms. The molecular formula is C19H35IN2O3S3. The topological polar surface area (TPSA) is 66.5 Å². The van der Waals surface area contributed by atoms with Crippen molar-refractivity contribution in [1.82, 2.24) is 9.62 Å². The lowest BCUT2D eigenvalue weighted by atomic mass is 9.97. The average Bonchev–Trinajstić information content (AvgIpc) is 2.65. The van der Waals surface area contributed by atoms with Crippen LogP contribution in [0.15, 0.2) is 11.5 Å². The number of sulfonamides is 1. The number of hydrogen-bond donors (Lipinski definition) is 1. The lowest BCUT2D eigenvalue weighted by Gasteiger charge is -2.31. The molecule has 164 valence electrons. The highest BCUT2D eigenvalue weighted by molar-refractivity contribution is 14.1. The van der Waals surface area contributed by atoms with Gasteiger partial charge in [-0.1, -0.05) is 76.9 Å². The summed E-state index contributed by atoms with van der Waals surface area (Å²) in [5, 5.41) is 5.21. The standard InChI is InChI=1S/C19H35IN2O3S3/c1-16(2)10-15-27-26-14-7-5-4-6-11-21-19(23)18-8-12-22(13-9-18)28(24,25)17(3)20/h10,15-18H,4-9,11-14H2,1-3H3,(H,21,23)/b15-10+. The minimum atomic E-state index is -3.21. The summed E-state index contributed by atoms with van der Waals surface area (Å²) in [7, 11) is 0.500. The summed E-state index contributed by atoms with van der Waals surface area (Å²) in [6.45, 7) is 7.68. The van der Waals surface area contributed by atoms with Gasteiger partial charge >= 0.3 is 0 Å². The number of allylic oxidation sites excluding steroid dienone is 1. The van der Waals surface area contributed by atoms with Crippen LogP contribution in [0, 0.1) is 11.8 Å². The van der Waals surface area contributed by atoms with Crippen LogP contribution in [0.5, 0.6) is 0 Å². The second kappa shape index (κ2) is 14.5. The maximum Gasteiger partial charge on any atom is 0.225 e. The van der Waals surface area contributed by atoms with Crippen molar-refractivity contribution >= 4 is 60.1 Å². The van der Waals surface area contributed by atoms with Crippen LogP contribution in [0.4, 0.5) is 0 Å². The second-order valence-corrected chi connectivity index (χ2v) is 14.8. The molecule has 0 saturated carbocycles. The van der Waals surface area contributed by atoms with Crippen LogP contribution in [0.3, 0.4) is 0 Å². The second-order valence-electron chi connectivity index (χ2n) is 7.46. The van der Waals surface area contributed by atoms with Crippen molar-refractivity contribution in [1.29, 1.82) is 0 Å². The van der Waals surface area contributed by atoms with Crippen LogP contribution < -0.4 is 5.32 Å². The molecule has 0 aromatic rings. The first-order valence-corrected chi connectivity index (χ1v) is 15.2. The zero-order valence-corrected chi connectivity index (χ0v) is 21.8. The Morgan fingerprint density at radius 3 is 2.43 bits per heavy atom. The molecule has 9 heteroatoms. The van der Waals surface area contributed by atoms with Gasteiger partial charge in [-0.25, -0.2) is 12.7 Å². The third-order valence-electron chi connectivity index (χ3n) is 4.64. The molecule has 0 aromatic heterocycles. The number of alkyl halides is 1. The average molecular weight is 563 g/mol. The fourth-order valence-electron chi connectivity index (χ4n) is 2.85. The number of nitrogens with zero attached hydrogens (tertiary/aromatic N) is 1. The van der Waals surface area contributed by atoms with Gasteiger partial charge in [-0.2, -0.15) is 0 Å². The molecule has 5 nitrogen and oxygen atoms in total. The molecule has 0 radical (unpaired) electrons. The largest absolute Gasteiger partial charge is 0.356 e. The maximum absolute atomic E-state index is 12.3. The van der Waals surface area contributed by atoms with E-state index in [1.165, 1.54) is 17.1 Å². The molecule has 1 aliphatic rings. The van der Waals surface area contributed by atoms with Crippen molar-refractivity contribution < 1.29 is 13.2 Å². The van der Waals surface area contributed by atoms with E-state index in [1.807, 2.05) is 44.2 Å². The first kappa shape index (κ1) is 26.6. The van der Waals surface area contributed by atoms with Gasteiger partial charge < -0.3 is 5.32 Å². The minimum Gasteiger partial charge on any atom is -0.356 e. The van der Waals surface area contributed by atoms with Gasteiger partial charge in [0.2, 0.25) is 15.9 Å². The van der Waals surface area contributed by atoms with Gasteiger partial charge in [0.15, 0.2) is 0 Å². The molecule has 0 spiro atoms. The summed E-state index contributed by atoms with van der Waals surface area (Å²) >= 11 is 1.93. The summed E-state index contributed by atoms with van der Waals surface area (Å²) in [4.78, 5) is 12.3. The summed E-state index contributed by atoms with van der Waals surface area (Å²) in [6, 6.07) is 0. The lowest BCUT2D eigenvalue weighted by molar-refractivity contribution is -0.126. The fourth-order valence-corrected chi connectivity index (χ4v) is 6.89. The number of unbranched alkanes of at least 4 members (excludes halogenated alkanes) is 3. The van der Waals surface area contributed by atoms with E-state index in [0.29, 0.717) is 31.8 Å². The summed E-state index contributed by atoms with van der Waals surface area (Å²) in [5.41, 5.74) is 0. The highest BCUT2D eigenvalue weighted by Gasteiger charge is 2.33. The third kappa shape index (κ3) is 10.5. The van der Waals surface area contributed by atoms with Gasteiger partial charge in [0.1, 0.15) is 3.26 Å². The summed E-state index contributed by atoms with van der Waals surface area (Å²) < 4.78 is 25.4. The predicted octanol–water partition coefficient (Wildman–Crippen LogP) is 5.04. The van der Waals surface area contributed by atoms with E-state index in [2.05, 4.69) is 30.6 Å². The van der Waals surface area contributed by atoms with Crippen LogP contribution in [0.25, 0.3) is 0 Å². The predicted molar refractivity (Wildman–Crippen MR) is 132 cm³/mol. The summed E-state index contributed by atoms with van der Waals surface area (Å²) in [5.74, 6) is 1.81. The number of carbonyl (C=O) groups is 1. The Kier molecular flexibility index (Phi) is 13.8. The Hall–Kier alpha value is 0.550. The maximum atomic E-state index is 12.3. The van der Waals surface area contributed by atoms with Crippen molar-refractivity contribution in [2.45, 2.75) is 62.6 Å². The Balaban J connectivity index is 2.05. The molecule has 1 rings (SSSR count). The molecule has 1 atom stereocenters. The van der Waals surface area contributed by atoms with E-state index in [-0.39, 0.29) is 11.8 Å². The van der Waals surface area contributed by atoms with Crippen LogP contribution in [-0.4, -0.2) is 47.3 Å². The fraction of sp³-hybridized carbons (Fsp3) is 0.842. The molecule has 1 aliphatic heterocycles. The van der Waals surface area contributed by atoms with Gasteiger partial charge in [-0.15, -0.1) is 0 Å². The number of piperidine rings is 1. The van der Waals surface area contributed by atoms with Crippen molar-refractivity contribution in [2.75, 3.05) is 25.4 Å². The highest BCUT2D eigenvalue weighted by Crippen LogP contribution is 2.25. The van der Waals surface area contributed by atoms with E-state index >= 15 is 0 Å². The van der Waals surface area contributed by atoms with Gasteiger partial charge in [-0.05, 0) is 43.9 Å². The number of hydrogen-bond acceptors (Lipinski definition) is 5. The minimum absolute atomic E-state index is 0.0525. The van der Waals surface area contributed by atoms with E-state index in [9.17, 15) is 13.2 Å². The van der Waals surface area contributed by atoms with Gasteiger partial charge in [0.05, 0.1) is 0 Å². The van der Waals surface area contributed by atoms with Crippen LogP contribution >= 0.6 is 44.2 Å². The van der Waals surface area contributed by atoms with E-state index in [1.54, 1.807) is 6.92 Å². The Labute approximate surface area is 193 Å². The molecule has 1 saturated heterocycles. The zero-order valence-electron chi connectivity index (χ0n) is 17.2. The van der Waals surface area contributed by atoms with Crippen molar-refractivity contribution in [3.05, 3.63) is 11.5 Å². The number of halogens is 1. The Bertz CT molecular complexity index is 575. The molecule has 1 N–H and O–H groups in total. The lowest BCUT2D eigenvalue weighted by Crippen LogP contribution is -2.44. The molecule has 1 fully saturated rings.